The molecule has 1 aromatic rings. The van der Waals surface area contributed by atoms with Gasteiger partial charge in [0.1, 0.15) is 12.4 Å². The highest BCUT2D eigenvalue weighted by Crippen LogP contribution is 2.20. The molecule has 0 aromatic heterocycles. The predicted molar refractivity (Wildman–Crippen MR) is 75.5 cm³/mol. The van der Waals surface area contributed by atoms with Crippen molar-refractivity contribution in [1.29, 1.82) is 0 Å². The van der Waals surface area contributed by atoms with Gasteiger partial charge >= 0.3 is 0 Å². The van der Waals surface area contributed by atoms with E-state index in [1.807, 2.05) is 24.3 Å². The average molecular weight is 266 g/mol. The van der Waals surface area contributed by atoms with Crippen LogP contribution in [0.2, 0.25) is 0 Å². The number of ether oxygens (including phenoxy) is 2. The number of carbonyl (C=O) groups is 1. The second-order valence-electron chi connectivity index (χ2n) is 4.92. The van der Waals surface area contributed by atoms with Crippen molar-refractivity contribution in [3.05, 3.63) is 24.3 Å². The van der Waals surface area contributed by atoms with Crippen LogP contribution in [0.4, 0.5) is 5.69 Å². The second-order valence-corrected chi connectivity index (χ2v) is 4.92. The standard InChI is InChI=1S/C14H22N2O3/c1-14(2,15)13(17)16(3)11-5-7-12(8-6-11)19-10-9-18-4/h5-8H,9-10,15H2,1-4H3. The van der Waals surface area contributed by atoms with Crippen molar-refractivity contribution in [2.75, 3.05) is 32.3 Å². The van der Waals surface area contributed by atoms with Crippen LogP contribution in [-0.4, -0.2) is 38.8 Å². The minimum atomic E-state index is -0.887. The zero-order valence-corrected chi connectivity index (χ0v) is 12.0. The van der Waals surface area contributed by atoms with Crippen LogP contribution < -0.4 is 15.4 Å². The summed E-state index contributed by atoms with van der Waals surface area (Å²) in [5.41, 5.74) is 5.69. The molecule has 0 saturated carbocycles. The van der Waals surface area contributed by atoms with Crippen LogP contribution in [0.5, 0.6) is 5.75 Å². The van der Waals surface area contributed by atoms with Crippen LogP contribution in [0.1, 0.15) is 13.8 Å². The lowest BCUT2D eigenvalue weighted by Crippen LogP contribution is -2.49. The van der Waals surface area contributed by atoms with Gasteiger partial charge in [0.25, 0.3) is 0 Å². The fourth-order valence-electron chi connectivity index (χ4n) is 1.56. The lowest BCUT2D eigenvalue weighted by atomic mass is 10.1. The fourth-order valence-corrected chi connectivity index (χ4v) is 1.56. The van der Waals surface area contributed by atoms with Crippen LogP contribution in [0.3, 0.4) is 0 Å². The Labute approximate surface area is 114 Å². The predicted octanol–water partition coefficient (Wildman–Crippen LogP) is 1.41. The first-order valence-electron chi connectivity index (χ1n) is 6.15. The molecule has 0 heterocycles. The molecule has 19 heavy (non-hydrogen) atoms. The van der Waals surface area contributed by atoms with Gasteiger partial charge in [-0.2, -0.15) is 0 Å². The Hall–Kier alpha value is -1.59. The van der Waals surface area contributed by atoms with Crippen LogP contribution >= 0.6 is 0 Å². The molecule has 0 bridgehead atoms. The lowest BCUT2D eigenvalue weighted by Gasteiger charge is -2.26. The van der Waals surface area contributed by atoms with Gasteiger partial charge in [-0.05, 0) is 38.1 Å². The van der Waals surface area contributed by atoms with E-state index in [0.717, 1.165) is 11.4 Å². The summed E-state index contributed by atoms with van der Waals surface area (Å²) in [5.74, 6) is 0.606. The zero-order valence-electron chi connectivity index (χ0n) is 12.0. The molecule has 0 fully saturated rings. The molecular weight excluding hydrogens is 244 g/mol. The summed E-state index contributed by atoms with van der Waals surface area (Å²) in [7, 11) is 3.33. The zero-order chi connectivity index (χ0) is 14.5. The molecule has 0 saturated heterocycles. The number of rotatable bonds is 6. The van der Waals surface area contributed by atoms with Gasteiger partial charge in [-0.1, -0.05) is 0 Å². The van der Waals surface area contributed by atoms with Gasteiger partial charge in [0, 0.05) is 19.8 Å². The maximum Gasteiger partial charge on any atom is 0.246 e. The van der Waals surface area contributed by atoms with E-state index in [2.05, 4.69) is 0 Å². The average Bonchev–Trinajstić information content (AvgIpc) is 2.37. The largest absolute Gasteiger partial charge is 0.491 e. The smallest absolute Gasteiger partial charge is 0.246 e. The Morgan fingerprint density at radius 2 is 1.84 bits per heavy atom. The van der Waals surface area contributed by atoms with E-state index in [4.69, 9.17) is 15.2 Å². The number of methoxy groups -OCH3 is 1. The monoisotopic (exact) mass is 266 g/mol. The third-order valence-electron chi connectivity index (χ3n) is 2.64. The third-order valence-corrected chi connectivity index (χ3v) is 2.64. The molecule has 2 N–H and O–H groups in total. The summed E-state index contributed by atoms with van der Waals surface area (Å²) in [6.45, 7) is 4.42. The maximum absolute atomic E-state index is 12.0. The molecule has 1 amide bonds. The molecule has 0 atom stereocenters. The summed E-state index contributed by atoms with van der Waals surface area (Å²) < 4.78 is 10.4. The number of hydrogen-bond donors (Lipinski definition) is 1. The van der Waals surface area contributed by atoms with E-state index < -0.39 is 5.54 Å². The Morgan fingerprint density at radius 1 is 1.26 bits per heavy atom. The molecule has 5 heteroatoms. The topological polar surface area (TPSA) is 64.8 Å². The summed E-state index contributed by atoms with van der Waals surface area (Å²) in [6.07, 6.45) is 0. The van der Waals surface area contributed by atoms with Crippen LogP contribution in [0.15, 0.2) is 24.3 Å². The summed E-state index contributed by atoms with van der Waals surface area (Å²) in [6, 6.07) is 7.29. The number of likely N-dealkylation sites (N-methyl/N-ethyl adjacent to an activating group) is 1. The molecule has 0 radical (unpaired) electrons. The molecule has 0 spiro atoms. The highest BCUT2D eigenvalue weighted by Gasteiger charge is 2.26. The van der Waals surface area contributed by atoms with Crippen molar-refractivity contribution in [2.45, 2.75) is 19.4 Å². The van der Waals surface area contributed by atoms with Crippen molar-refractivity contribution >= 4 is 11.6 Å². The summed E-state index contributed by atoms with van der Waals surface area (Å²) in [4.78, 5) is 13.6. The number of benzene rings is 1. The number of carbonyl (C=O) groups excluding carboxylic acids is 1. The van der Waals surface area contributed by atoms with E-state index in [1.165, 1.54) is 0 Å². The van der Waals surface area contributed by atoms with Gasteiger partial charge in [-0.15, -0.1) is 0 Å². The molecule has 0 unspecified atom stereocenters. The number of amides is 1. The van der Waals surface area contributed by atoms with E-state index in [1.54, 1.807) is 32.9 Å². The number of hydrogen-bond acceptors (Lipinski definition) is 4. The molecule has 0 aliphatic heterocycles. The van der Waals surface area contributed by atoms with Crippen molar-refractivity contribution in [1.82, 2.24) is 0 Å². The van der Waals surface area contributed by atoms with E-state index in [9.17, 15) is 4.79 Å². The fraction of sp³-hybridized carbons (Fsp3) is 0.500. The van der Waals surface area contributed by atoms with Gasteiger partial charge in [0.05, 0.1) is 12.1 Å². The highest BCUT2D eigenvalue weighted by atomic mass is 16.5. The Kier molecular flexibility index (Phi) is 5.32. The van der Waals surface area contributed by atoms with Crippen molar-refractivity contribution in [3.63, 3.8) is 0 Å². The molecular formula is C14H22N2O3. The van der Waals surface area contributed by atoms with Gasteiger partial charge in [0.15, 0.2) is 0 Å². The SMILES string of the molecule is COCCOc1ccc(N(C)C(=O)C(C)(C)N)cc1. The maximum atomic E-state index is 12.0. The molecule has 0 aliphatic rings. The quantitative estimate of drug-likeness (QED) is 0.791. The first-order chi connectivity index (χ1) is 8.86. The number of nitrogens with two attached hydrogens (primary N) is 1. The van der Waals surface area contributed by atoms with Crippen LogP contribution in [0.25, 0.3) is 0 Å². The minimum Gasteiger partial charge on any atom is -0.491 e. The second kappa shape index (κ2) is 6.54. The third kappa shape index (κ3) is 4.54. The van der Waals surface area contributed by atoms with Crippen LogP contribution in [-0.2, 0) is 9.53 Å². The normalized spacial score (nSPS) is 11.2. The first-order valence-corrected chi connectivity index (χ1v) is 6.15. The Morgan fingerprint density at radius 3 is 2.32 bits per heavy atom. The number of nitrogens with zero attached hydrogens (tertiary/aromatic N) is 1. The molecule has 106 valence electrons. The molecule has 5 nitrogen and oxygen atoms in total. The van der Waals surface area contributed by atoms with Gasteiger partial charge < -0.3 is 20.1 Å². The van der Waals surface area contributed by atoms with E-state index in [0.29, 0.717) is 13.2 Å². The summed E-state index contributed by atoms with van der Waals surface area (Å²) in [5, 5.41) is 0. The highest BCUT2D eigenvalue weighted by molar-refractivity contribution is 5.99. The van der Waals surface area contributed by atoms with Crippen molar-refractivity contribution in [3.8, 4) is 5.75 Å². The van der Waals surface area contributed by atoms with Gasteiger partial charge in [0.2, 0.25) is 5.91 Å². The molecule has 1 aromatic carbocycles. The van der Waals surface area contributed by atoms with E-state index >= 15 is 0 Å². The van der Waals surface area contributed by atoms with Crippen molar-refractivity contribution < 1.29 is 14.3 Å². The number of anilines is 1. The van der Waals surface area contributed by atoms with Gasteiger partial charge in [-0.25, -0.2) is 0 Å². The summed E-state index contributed by atoms with van der Waals surface area (Å²) >= 11 is 0. The van der Waals surface area contributed by atoms with Crippen molar-refractivity contribution in [2.24, 2.45) is 5.73 Å². The lowest BCUT2D eigenvalue weighted by molar-refractivity contribution is -0.122. The first kappa shape index (κ1) is 15.5. The van der Waals surface area contributed by atoms with E-state index in [-0.39, 0.29) is 5.91 Å². The van der Waals surface area contributed by atoms with Gasteiger partial charge in [-0.3, -0.25) is 4.79 Å². The Balaban J connectivity index is 2.68. The van der Waals surface area contributed by atoms with Crippen LogP contribution in [0, 0.1) is 0 Å². The minimum absolute atomic E-state index is 0.138. The Bertz CT molecular complexity index is 410. The molecule has 0 aliphatic carbocycles. The molecule has 1 rings (SSSR count).